The second kappa shape index (κ2) is 8.50. The van der Waals surface area contributed by atoms with Crippen molar-refractivity contribution in [2.45, 2.75) is 13.0 Å². The van der Waals surface area contributed by atoms with Gasteiger partial charge in [0, 0.05) is 16.3 Å². The number of carbonyl (C=O) groups excluding carboxylic acids is 1. The molecule has 0 saturated heterocycles. The molecule has 0 aromatic heterocycles. The first-order valence-electron chi connectivity index (χ1n) is 8.50. The molecule has 0 saturated carbocycles. The summed E-state index contributed by atoms with van der Waals surface area (Å²) in [5, 5.41) is 9.98. The minimum Gasteiger partial charge on any atom is -0.496 e. The summed E-state index contributed by atoms with van der Waals surface area (Å²) in [6.45, 7) is 1.81. The number of nitrogens with one attached hydrogen (secondary N) is 3. The summed E-state index contributed by atoms with van der Waals surface area (Å²) < 4.78 is 10.8. The molecule has 6 nitrogen and oxygen atoms in total. The van der Waals surface area contributed by atoms with E-state index in [0.717, 1.165) is 5.56 Å². The van der Waals surface area contributed by atoms with Crippen molar-refractivity contribution in [2.24, 2.45) is 0 Å². The van der Waals surface area contributed by atoms with Crippen LogP contribution in [0.4, 0.5) is 5.69 Å². The average molecular weight is 418 g/mol. The van der Waals surface area contributed by atoms with Crippen molar-refractivity contribution < 1.29 is 14.3 Å². The SMILES string of the molecule is COc1ccc(Cl)cc1NC(=O)C1=C(C)NC(=S)N[C@H]1c1ccccc1OC. The summed E-state index contributed by atoms with van der Waals surface area (Å²) >= 11 is 11.4. The summed E-state index contributed by atoms with van der Waals surface area (Å²) in [6, 6.07) is 12.0. The fourth-order valence-electron chi connectivity index (χ4n) is 3.10. The van der Waals surface area contributed by atoms with Crippen LogP contribution in [0, 0.1) is 0 Å². The Morgan fingerprint density at radius 3 is 2.57 bits per heavy atom. The molecule has 0 unspecified atom stereocenters. The van der Waals surface area contributed by atoms with Gasteiger partial charge in [-0.3, -0.25) is 4.79 Å². The molecule has 8 heteroatoms. The van der Waals surface area contributed by atoms with E-state index in [2.05, 4.69) is 16.0 Å². The van der Waals surface area contributed by atoms with Crippen LogP contribution in [0.3, 0.4) is 0 Å². The first-order valence-corrected chi connectivity index (χ1v) is 9.29. The van der Waals surface area contributed by atoms with Gasteiger partial charge in [-0.1, -0.05) is 29.8 Å². The topological polar surface area (TPSA) is 71.6 Å². The highest BCUT2D eigenvalue weighted by Crippen LogP contribution is 2.34. The number of para-hydroxylation sites is 1. The zero-order valence-corrected chi connectivity index (χ0v) is 17.2. The monoisotopic (exact) mass is 417 g/mol. The van der Waals surface area contributed by atoms with Crippen molar-refractivity contribution >= 4 is 40.5 Å². The Morgan fingerprint density at radius 1 is 1.14 bits per heavy atom. The van der Waals surface area contributed by atoms with Gasteiger partial charge in [-0.15, -0.1) is 0 Å². The molecule has 3 N–H and O–H groups in total. The standard InChI is InChI=1S/C20H20ClN3O3S/c1-11-17(19(25)23-14-10-12(21)8-9-16(14)27-3)18(24-20(28)22-11)13-6-4-5-7-15(13)26-2/h4-10,18H,1-3H3,(H,23,25)(H2,22,24,28)/t18-/m0/s1. The minimum absolute atomic E-state index is 0.309. The predicted molar refractivity (Wildman–Crippen MR) is 114 cm³/mol. The molecular weight excluding hydrogens is 398 g/mol. The van der Waals surface area contributed by atoms with Crippen LogP contribution < -0.4 is 25.4 Å². The van der Waals surface area contributed by atoms with Crippen LogP contribution in [0.1, 0.15) is 18.5 Å². The number of hydrogen-bond acceptors (Lipinski definition) is 4. The van der Waals surface area contributed by atoms with Crippen molar-refractivity contribution in [2.75, 3.05) is 19.5 Å². The van der Waals surface area contributed by atoms with Gasteiger partial charge in [0.2, 0.25) is 0 Å². The van der Waals surface area contributed by atoms with Crippen LogP contribution in [0.15, 0.2) is 53.7 Å². The molecule has 0 radical (unpaired) electrons. The molecule has 0 bridgehead atoms. The van der Waals surface area contributed by atoms with E-state index >= 15 is 0 Å². The van der Waals surface area contributed by atoms with Gasteiger partial charge in [-0.25, -0.2) is 0 Å². The smallest absolute Gasteiger partial charge is 0.255 e. The lowest BCUT2D eigenvalue weighted by Crippen LogP contribution is -2.45. The zero-order valence-electron chi connectivity index (χ0n) is 15.6. The molecular formula is C20H20ClN3O3S. The number of allylic oxidation sites excluding steroid dienone is 1. The van der Waals surface area contributed by atoms with Gasteiger partial charge < -0.3 is 25.4 Å². The second-order valence-electron chi connectivity index (χ2n) is 6.11. The number of anilines is 1. The van der Waals surface area contributed by atoms with Crippen molar-refractivity contribution in [1.82, 2.24) is 10.6 Å². The predicted octanol–water partition coefficient (Wildman–Crippen LogP) is 3.79. The zero-order chi connectivity index (χ0) is 20.3. The maximum atomic E-state index is 13.2. The Balaban J connectivity index is 2.01. The van der Waals surface area contributed by atoms with Gasteiger partial charge in [0.1, 0.15) is 11.5 Å². The molecule has 1 heterocycles. The number of hydrogen-bond donors (Lipinski definition) is 3. The van der Waals surface area contributed by atoms with Crippen LogP contribution in [-0.4, -0.2) is 25.2 Å². The molecule has 0 aliphatic carbocycles. The maximum Gasteiger partial charge on any atom is 0.255 e. The van der Waals surface area contributed by atoms with Crippen LogP contribution in [0.25, 0.3) is 0 Å². The van der Waals surface area contributed by atoms with Gasteiger partial charge in [0.05, 0.1) is 31.5 Å². The van der Waals surface area contributed by atoms with Gasteiger partial charge in [0.15, 0.2) is 5.11 Å². The lowest BCUT2D eigenvalue weighted by Gasteiger charge is -2.31. The van der Waals surface area contributed by atoms with Crippen molar-refractivity contribution in [3.05, 3.63) is 64.3 Å². The molecule has 146 valence electrons. The van der Waals surface area contributed by atoms with Crippen LogP contribution in [0.2, 0.25) is 5.02 Å². The molecule has 0 spiro atoms. The van der Waals surface area contributed by atoms with Crippen molar-refractivity contribution in [1.29, 1.82) is 0 Å². The third-order valence-corrected chi connectivity index (χ3v) is 4.83. The number of carbonyl (C=O) groups is 1. The Morgan fingerprint density at radius 2 is 1.86 bits per heavy atom. The molecule has 1 aliphatic heterocycles. The number of thiocarbonyl (C=S) groups is 1. The summed E-state index contributed by atoms with van der Waals surface area (Å²) in [5.41, 5.74) is 2.42. The fraction of sp³-hybridized carbons (Fsp3) is 0.200. The van der Waals surface area contributed by atoms with Gasteiger partial charge in [-0.05, 0) is 43.4 Å². The van der Waals surface area contributed by atoms with E-state index in [1.54, 1.807) is 32.2 Å². The number of amides is 1. The summed E-state index contributed by atoms with van der Waals surface area (Å²) in [4.78, 5) is 13.2. The van der Waals surface area contributed by atoms with E-state index < -0.39 is 6.04 Å². The lowest BCUT2D eigenvalue weighted by molar-refractivity contribution is -0.113. The van der Waals surface area contributed by atoms with Gasteiger partial charge in [0.25, 0.3) is 5.91 Å². The molecule has 3 rings (SSSR count). The Bertz CT molecular complexity index is 961. The van der Waals surface area contributed by atoms with Crippen LogP contribution in [0.5, 0.6) is 11.5 Å². The summed E-state index contributed by atoms with van der Waals surface area (Å²) in [5.74, 6) is 0.858. The third kappa shape index (κ3) is 4.05. The van der Waals surface area contributed by atoms with Crippen molar-refractivity contribution in [3.63, 3.8) is 0 Å². The number of methoxy groups -OCH3 is 2. The minimum atomic E-state index is -0.477. The Kier molecular flexibility index (Phi) is 6.06. The number of benzene rings is 2. The highest BCUT2D eigenvalue weighted by atomic mass is 35.5. The quantitative estimate of drug-likeness (QED) is 0.643. The summed E-state index contributed by atoms with van der Waals surface area (Å²) in [7, 11) is 3.12. The molecule has 1 atom stereocenters. The van der Waals surface area contributed by atoms with E-state index in [1.165, 1.54) is 7.11 Å². The molecule has 2 aromatic rings. The Hall–Kier alpha value is -2.77. The highest BCUT2D eigenvalue weighted by molar-refractivity contribution is 7.80. The molecule has 1 amide bonds. The third-order valence-electron chi connectivity index (χ3n) is 4.37. The average Bonchev–Trinajstić information content (AvgIpc) is 2.67. The maximum absolute atomic E-state index is 13.2. The Labute approximate surface area is 173 Å². The number of rotatable bonds is 5. The molecule has 28 heavy (non-hydrogen) atoms. The molecule has 1 aliphatic rings. The second-order valence-corrected chi connectivity index (χ2v) is 6.96. The van der Waals surface area contributed by atoms with Crippen LogP contribution >= 0.6 is 23.8 Å². The molecule has 0 fully saturated rings. The van der Waals surface area contributed by atoms with Crippen LogP contribution in [-0.2, 0) is 4.79 Å². The van der Waals surface area contributed by atoms with Crippen molar-refractivity contribution in [3.8, 4) is 11.5 Å². The van der Waals surface area contributed by atoms with E-state index in [0.29, 0.717) is 38.6 Å². The first kappa shape index (κ1) is 20.0. The van der Waals surface area contributed by atoms with E-state index in [1.807, 2.05) is 24.3 Å². The first-order chi connectivity index (χ1) is 13.4. The van der Waals surface area contributed by atoms with Gasteiger partial charge in [-0.2, -0.15) is 0 Å². The highest BCUT2D eigenvalue weighted by Gasteiger charge is 2.32. The number of ether oxygens (including phenoxy) is 2. The van der Waals surface area contributed by atoms with E-state index in [-0.39, 0.29) is 5.91 Å². The largest absolute Gasteiger partial charge is 0.496 e. The molecule has 2 aromatic carbocycles. The summed E-state index contributed by atoms with van der Waals surface area (Å²) in [6.07, 6.45) is 0. The number of halogens is 1. The fourth-order valence-corrected chi connectivity index (χ4v) is 3.54. The lowest BCUT2D eigenvalue weighted by atomic mass is 9.94. The normalized spacial score (nSPS) is 16.1. The van der Waals surface area contributed by atoms with E-state index in [9.17, 15) is 4.79 Å². The van der Waals surface area contributed by atoms with E-state index in [4.69, 9.17) is 33.3 Å². The van der Waals surface area contributed by atoms with Gasteiger partial charge >= 0.3 is 0 Å².